The Bertz CT molecular complexity index is 986. The number of benzene rings is 1. The smallest absolute Gasteiger partial charge is 0.231 e. The van der Waals surface area contributed by atoms with E-state index in [1.165, 1.54) is 0 Å². The highest BCUT2D eigenvalue weighted by atomic mass is 16.7. The van der Waals surface area contributed by atoms with Gasteiger partial charge < -0.3 is 24.2 Å². The van der Waals surface area contributed by atoms with Gasteiger partial charge in [0.1, 0.15) is 11.5 Å². The number of nitrogens with one attached hydrogen (secondary N) is 1. The van der Waals surface area contributed by atoms with Crippen molar-refractivity contribution >= 4 is 5.82 Å². The van der Waals surface area contributed by atoms with Crippen LogP contribution in [0.25, 0.3) is 11.3 Å². The minimum atomic E-state index is 0.271. The molecule has 1 N–H and O–H groups in total. The molecule has 0 aliphatic carbocycles. The van der Waals surface area contributed by atoms with E-state index >= 15 is 0 Å². The molecule has 8 heteroatoms. The summed E-state index contributed by atoms with van der Waals surface area (Å²) in [6.45, 7) is 7.21. The second-order valence-electron chi connectivity index (χ2n) is 7.79. The molecular formula is C23H27N5O3. The van der Waals surface area contributed by atoms with Gasteiger partial charge in [0.05, 0.1) is 6.54 Å². The van der Waals surface area contributed by atoms with Crippen LogP contribution in [0.5, 0.6) is 11.5 Å². The van der Waals surface area contributed by atoms with Crippen molar-refractivity contribution in [3.63, 3.8) is 0 Å². The average molecular weight is 422 g/mol. The molecule has 0 saturated carbocycles. The Hall–Kier alpha value is -3.10. The molecule has 5 rings (SSSR count). The highest BCUT2D eigenvalue weighted by Gasteiger charge is 2.18. The third kappa shape index (κ3) is 4.81. The minimum absolute atomic E-state index is 0.271. The van der Waals surface area contributed by atoms with Gasteiger partial charge in [0.2, 0.25) is 6.79 Å². The third-order valence-corrected chi connectivity index (χ3v) is 5.70. The third-order valence-electron chi connectivity index (χ3n) is 5.70. The second-order valence-corrected chi connectivity index (χ2v) is 7.79. The van der Waals surface area contributed by atoms with Crippen molar-refractivity contribution in [2.75, 3.05) is 51.0 Å². The van der Waals surface area contributed by atoms with E-state index in [0.29, 0.717) is 6.54 Å². The lowest BCUT2D eigenvalue weighted by atomic mass is 10.1. The Labute approximate surface area is 181 Å². The minimum Gasteiger partial charge on any atom is -0.454 e. The van der Waals surface area contributed by atoms with E-state index in [9.17, 15) is 0 Å². The predicted molar refractivity (Wildman–Crippen MR) is 117 cm³/mol. The Balaban J connectivity index is 1.01. The van der Waals surface area contributed by atoms with E-state index in [2.05, 4.69) is 31.3 Å². The first-order chi connectivity index (χ1) is 15.3. The molecule has 0 radical (unpaired) electrons. The first kappa shape index (κ1) is 19.8. The Morgan fingerprint density at radius 3 is 2.74 bits per heavy atom. The summed E-state index contributed by atoms with van der Waals surface area (Å²) in [4.78, 5) is 9.33. The number of ether oxygens (including phenoxy) is 2. The fourth-order valence-electron chi connectivity index (χ4n) is 3.97. The van der Waals surface area contributed by atoms with Gasteiger partial charge >= 0.3 is 0 Å². The van der Waals surface area contributed by atoms with Gasteiger partial charge in [-0.05, 0) is 49.8 Å². The van der Waals surface area contributed by atoms with Crippen molar-refractivity contribution in [1.82, 2.24) is 20.4 Å². The molecule has 0 amide bonds. The van der Waals surface area contributed by atoms with E-state index in [-0.39, 0.29) is 6.79 Å². The van der Waals surface area contributed by atoms with Crippen molar-refractivity contribution in [2.45, 2.75) is 13.0 Å². The number of aromatic nitrogens is 2. The summed E-state index contributed by atoms with van der Waals surface area (Å²) in [6.07, 6.45) is 2.97. The molecule has 1 fully saturated rings. The summed E-state index contributed by atoms with van der Waals surface area (Å²) in [5, 5.41) is 7.64. The van der Waals surface area contributed by atoms with Crippen LogP contribution in [0.4, 0.5) is 5.82 Å². The molecule has 4 heterocycles. The molecule has 2 aliphatic rings. The van der Waals surface area contributed by atoms with Crippen LogP contribution in [0, 0.1) is 0 Å². The lowest BCUT2D eigenvalue weighted by Crippen LogP contribution is -2.47. The monoisotopic (exact) mass is 421 g/mol. The van der Waals surface area contributed by atoms with Crippen LogP contribution in [-0.2, 0) is 6.54 Å². The number of rotatable bonds is 8. The number of hydrogen-bond acceptors (Lipinski definition) is 8. The van der Waals surface area contributed by atoms with Crippen molar-refractivity contribution in [3.05, 3.63) is 54.4 Å². The van der Waals surface area contributed by atoms with Gasteiger partial charge in [-0.15, -0.1) is 0 Å². The Kier molecular flexibility index (Phi) is 5.99. The van der Waals surface area contributed by atoms with Crippen molar-refractivity contribution in [3.8, 4) is 22.8 Å². The quantitative estimate of drug-likeness (QED) is 0.557. The Morgan fingerprint density at radius 1 is 0.968 bits per heavy atom. The molecule has 0 atom stereocenters. The van der Waals surface area contributed by atoms with Gasteiger partial charge in [0.25, 0.3) is 0 Å². The van der Waals surface area contributed by atoms with Crippen molar-refractivity contribution in [2.24, 2.45) is 0 Å². The molecule has 2 aromatic heterocycles. The molecule has 0 unspecified atom stereocenters. The zero-order valence-electron chi connectivity index (χ0n) is 17.5. The molecule has 0 bridgehead atoms. The summed E-state index contributed by atoms with van der Waals surface area (Å²) >= 11 is 0. The molecule has 1 saturated heterocycles. The maximum Gasteiger partial charge on any atom is 0.231 e. The second kappa shape index (κ2) is 9.36. The number of anilines is 1. The van der Waals surface area contributed by atoms with Crippen LogP contribution in [0.15, 0.2) is 53.2 Å². The van der Waals surface area contributed by atoms with E-state index in [1.54, 1.807) is 0 Å². The van der Waals surface area contributed by atoms with E-state index < -0.39 is 0 Å². The number of nitrogens with zero attached hydrogens (tertiary/aromatic N) is 4. The van der Waals surface area contributed by atoms with Crippen LogP contribution < -0.4 is 19.7 Å². The van der Waals surface area contributed by atoms with Crippen molar-refractivity contribution in [1.29, 1.82) is 0 Å². The number of hydrogen-bond donors (Lipinski definition) is 1. The number of pyridine rings is 1. The van der Waals surface area contributed by atoms with E-state index in [0.717, 1.165) is 80.0 Å². The molecule has 3 aromatic rings. The van der Waals surface area contributed by atoms with Crippen LogP contribution in [0.3, 0.4) is 0 Å². The topological polar surface area (TPSA) is 75.9 Å². The summed E-state index contributed by atoms with van der Waals surface area (Å²) in [5.74, 6) is 3.43. The molecule has 1 aromatic carbocycles. The highest BCUT2D eigenvalue weighted by molar-refractivity contribution is 5.64. The maximum absolute atomic E-state index is 5.48. The summed E-state index contributed by atoms with van der Waals surface area (Å²) in [6, 6.07) is 13.9. The van der Waals surface area contributed by atoms with Gasteiger partial charge in [0, 0.05) is 44.0 Å². The molecule has 31 heavy (non-hydrogen) atoms. The zero-order chi connectivity index (χ0) is 20.9. The largest absolute Gasteiger partial charge is 0.454 e. The van der Waals surface area contributed by atoms with Crippen LogP contribution in [0.2, 0.25) is 0 Å². The van der Waals surface area contributed by atoms with Crippen LogP contribution >= 0.6 is 0 Å². The molecule has 8 nitrogen and oxygen atoms in total. The SMILES string of the molecule is c1ccc(N2CCN(CCCNCc3cc(-c4ccc5c(c4)OCO5)no3)CC2)nc1. The standard InChI is InChI=1S/C23H27N5O3/c1-2-8-25-23(4-1)28-12-10-27(11-13-28)9-3-7-24-16-19-15-20(26-31-19)18-5-6-21-22(14-18)30-17-29-21/h1-2,4-6,8,14-15,24H,3,7,9-13,16-17H2. The zero-order valence-corrected chi connectivity index (χ0v) is 17.5. The first-order valence-corrected chi connectivity index (χ1v) is 10.8. The van der Waals surface area contributed by atoms with Gasteiger partial charge in [-0.3, -0.25) is 4.90 Å². The predicted octanol–water partition coefficient (Wildman–Crippen LogP) is 2.77. The van der Waals surface area contributed by atoms with Gasteiger partial charge in [-0.1, -0.05) is 11.2 Å². The Morgan fingerprint density at radius 2 is 1.87 bits per heavy atom. The van der Waals surface area contributed by atoms with Crippen molar-refractivity contribution < 1.29 is 14.0 Å². The fraction of sp³-hybridized carbons (Fsp3) is 0.391. The maximum atomic E-state index is 5.48. The van der Waals surface area contributed by atoms with Gasteiger partial charge in [-0.25, -0.2) is 4.98 Å². The summed E-state index contributed by atoms with van der Waals surface area (Å²) in [5.41, 5.74) is 1.77. The van der Waals surface area contributed by atoms with Crippen LogP contribution in [0.1, 0.15) is 12.2 Å². The first-order valence-electron chi connectivity index (χ1n) is 10.8. The molecule has 0 spiro atoms. The van der Waals surface area contributed by atoms with E-state index in [1.807, 2.05) is 42.6 Å². The number of fused-ring (bicyclic) bond motifs is 1. The molecule has 2 aliphatic heterocycles. The summed E-state index contributed by atoms with van der Waals surface area (Å²) in [7, 11) is 0. The summed E-state index contributed by atoms with van der Waals surface area (Å²) < 4.78 is 16.3. The average Bonchev–Trinajstić information content (AvgIpc) is 3.49. The van der Waals surface area contributed by atoms with E-state index in [4.69, 9.17) is 14.0 Å². The van der Waals surface area contributed by atoms with Gasteiger partial charge in [-0.2, -0.15) is 0 Å². The highest BCUT2D eigenvalue weighted by Crippen LogP contribution is 2.35. The molecular weight excluding hydrogens is 394 g/mol. The molecule has 162 valence electrons. The van der Waals surface area contributed by atoms with Crippen LogP contribution in [-0.4, -0.2) is 61.1 Å². The normalized spacial score (nSPS) is 16.1. The van der Waals surface area contributed by atoms with Gasteiger partial charge in [0.15, 0.2) is 17.3 Å². The lowest BCUT2D eigenvalue weighted by Gasteiger charge is -2.35. The fourth-order valence-corrected chi connectivity index (χ4v) is 3.97. The lowest BCUT2D eigenvalue weighted by molar-refractivity contribution is 0.174. The number of piperazine rings is 1.